The molecule has 1 aromatic carbocycles. The molecule has 0 aliphatic heterocycles. The van der Waals surface area contributed by atoms with Gasteiger partial charge in [0.2, 0.25) is 0 Å². The van der Waals surface area contributed by atoms with E-state index in [0.717, 1.165) is 28.6 Å². The highest BCUT2D eigenvalue weighted by molar-refractivity contribution is 9.10. The Labute approximate surface area is 121 Å². The van der Waals surface area contributed by atoms with E-state index in [1.54, 1.807) is 7.05 Å². The number of benzene rings is 1. The molecule has 0 spiro atoms. The molecule has 0 saturated heterocycles. The molecule has 0 radical (unpaired) electrons. The lowest BCUT2D eigenvalue weighted by Gasteiger charge is -2.21. The van der Waals surface area contributed by atoms with E-state index in [-0.39, 0.29) is 6.03 Å². The number of aliphatic hydroxyl groups excluding tert-OH is 1. The Morgan fingerprint density at radius 3 is 2.84 bits per heavy atom. The van der Waals surface area contributed by atoms with E-state index >= 15 is 0 Å². The number of urea groups is 1. The Kier molecular flexibility index (Phi) is 4.47. The normalized spacial score (nSPS) is 16.0. The van der Waals surface area contributed by atoms with Crippen molar-refractivity contribution in [3.05, 3.63) is 28.2 Å². The van der Waals surface area contributed by atoms with Crippen molar-refractivity contribution in [3.63, 3.8) is 0 Å². The van der Waals surface area contributed by atoms with Crippen LogP contribution in [0.1, 0.15) is 18.4 Å². The number of rotatable bonds is 4. The highest BCUT2D eigenvalue weighted by atomic mass is 79.9. The van der Waals surface area contributed by atoms with Crippen LogP contribution in [-0.4, -0.2) is 35.7 Å². The maximum atomic E-state index is 12.0. The quantitative estimate of drug-likeness (QED) is 0.893. The average Bonchev–Trinajstić information content (AvgIpc) is 3.17. The van der Waals surface area contributed by atoms with Gasteiger partial charge in [-0.25, -0.2) is 4.79 Å². The summed E-state index contributed by atoms with van der Waals surface area (Å²) in [5.41, 5.74) is 1.87. The van der Waals surface area contributed by atoms with Gasteiger partial charge in [-0.3, -0.25) is 0 Å². The molecular weight excluding hydrogens is 308 g/mol. The van der Waals surface area contributed by atoms with Crippen molar-refractivity contribution in [1.29, 1.82) is 0 Å². The van der Waals surface area contributed by atoms with E-state index in [1.807, 2.05) is 25.1 Å². The van der Waals surface area contributed by atoms with Crippen LogP contribution in [0.3, 0.4) is 0 Å². The SMILES string of the molecule is Cc1ccc(NC(=O)N(C)CC(O)C2CC2)cc1Br. The highest BCUT2D eigenvalue weighted by Gasteiger charge is 2.31. The fourth-order valence-corrected chi connectivity index (χ4v) is 2.26. The molecule has 5 heteroatoms. The Hall–Kier alpha value is -1.07. The van der Waals surface area contributed by atoms with Gasteiger partial charge in [0.05, 0.1) is 6.10 Å². The number of aryl methyl sites for hydroxylation is 1. The van der Waals surface area contributed by atoms with Gasteiger partial charge in [0, 0.05) is 23.8 Å². The molecule has 2 amide bonds. The lowest BCUT2D eigenvalue weighted by molar-refractivity contribution is 0.117. The van der Waals surface area contributed by atoms with Crippen LogP contribution in [0.25, 0.3) is 0 Å². The second-order valence-electron chi connectivity index (χ2n) is 5.18. The van der Waals surface area contributed by atoms with Gasteiger partial charge in [0.1, 0.15) is 0 Å². The topological polar surface area (TPSA) is 52.6 Å². The Bertz CT molecular complexity index is 475. The van der Waals surface area contributed by atoms with E-state index < -0.39 is 6.10 Å². The maximum absolute atomic E-state index is 12.0. The van der Waals surface area contributed by atoms with Crippen molar-refractivity contribution in [2.75, 3.05) is 18.9 Å². The minimum Gasteiger partial charge on any atom is -0.391 e. The molecule has 0 heterocycles. The molecule has 104 valence electrons. The number of carbonyl (C=O) groups excluding carboxylic acids is 1. The molecule has 1 fully saturated rings. The summed E-state index contributed by atoms with van der Waals surface area (Å²) in [6.07, 6.45) is 1.74. The van der Waals surface area contributed by atoms with Crippen LogP contribution >= 0.6 is 15.9 Å². The number of halogens is 1. The summed E-state index contributed by atoms with van der Waals surface area (Å²) >= 11 is 3.44. The Morgan fingerprint density at radius 2 is 2.26 bits per heavy atom. The minimum absolute atomic E-state index is 0.199. The first-order valence-corrected chi connectivity index (χ1v) is 7.23. The first-order valence-electron chi connectivity index (χ1n) is 6.43. The second kappa shape index (κ2) is 5.92. The first kappa shape index (κ1) is 14.3. The molecule has 1 unspecified atom stereocenters. The number of aliphatic hydroxyl groups is 1. The Balaban J connectivity index is 1.90. The van der Waals surface area contributed by atoms with Crippen LogP contribution in [0.4, 0.5) is 10.5 Å². The molecule has 1 aliphatic rings. The van der Waals surface area contributed by atoms with Crippen LogP contribution in [0.5, 0.6) is 0 Å². The van der Waals surface area contributed by atoms with E-state index in [1.165, 1.54) is 4.90 Å². The number of amides is 2. The van der Waals surface area contributed by atoms with Crippen molar-refractivity contribution in [1.82, 2.24) is 4.90 Å². The number of likely N-dealkylation sites (N-methyl/N-ethyl adjacent to an activating group) is 1. The minimum atomic E-state index is -0.402. The molecule has 2 N–H and O–H groups in total. The molecule has 1 aromatic rings. The van der Waals surface area contributed by atoms with Gasteiger partial charge in [-0.1, -0.05) is 22.0 Å². The van der Waals surface area contributed by atoms with Gasteiger partial charge in [-0.15, -0.1) is 0 Å². The summed E-state index contributed by atoms with van der Waals surface area (Å²) in [4.78, 5) is 13.5. The van der Waals surface area contributed by atoms with Crippen molar-refractivity contribution >= 4 is 27.6 Å². The summed E-state index contributed by atoms with van der Waals surface area (Å²) in [7, 11) is 1.70. The zero-order chi connectivity index (χ0) is 14.0. The molecular formula is C14H19BrN2O2. The first-order chi connectivity index (χ1) is 8.97. The summed E-state index contributed by atoms with van der Waals surface area (Å²) in [6.45, 7) is 2.37. The molecule has 0 bridgehead atoms. The third-order valence-electron chi connectivity index (χ3n) is 3.40. The average molecular weight is 327 g/mol. The van der Waals surface area contributed by atoms with Crippen molar-refractivity contribution < 1.29 is 9.90 Å². The Morgan fingerprint density at radius 1 is 1.58 bits per heavy atom. The van der Waals surface area contributed by atoms with Crippen LogP contribution in [0.15, 0.2) is 22.7 Å². The largest absolute Gasteiger partial charge is 0.391 e. The lowest BCUT2D eigenvalue weighted by atomic mass is 10.2. The van der Waals surface area contributed by atoms with E-state index in [4.69, 9.17) is 0 Å². The molecule has 0 aromatic heterocycles. The monoisotopic (exact) mass is 326 g/mol. The fraction of sp³-hybridized carbons (Fsp3) is 0.500. The van der Waals surface area contributed by atoms with Gasteiger partial charge in [-0.05, 0) is 43.4 Å². The molecule has 4 nitrogen and oxygen atoms in total. The number of nitrogens with zero attached hydrogens (tertiary/aromatic N) is 1. The van der Waals surface area contributed by atoms with Gasteiger partial charge < -0.3 is 15.3 Å². The zero-order valence-electron chi connectivity index (χ0n) is 11.2. The number of hydrogen-bond donors (Lipinski definition) is 2. The predicted molar refractivity (Wildman–Crippen MR) is 79.3 cm³/mol. The van der Waals surface area contributed by atoms with Gasteiger partial charge in [0.25, 0.3) is 0 Å². The fourth-order valence-electron chi connectivity index (χ4n) is 1.88. The maximum Gasteiger partial charge on any atom is 0.321 e. The summed E-state index contributed by atoms with van der Waals surface area (Å²) in [5.74, 6) is 0.378. The number of anilines is 1. The summed E-state index contributed by atoms with van der Waals surface area (Å²) in [6, 6.07) is 5.48. The van der Waals surface area contributed by atoms with Crippen molar-refractivity contribution in [3.8, 4) is 0 Å². The molecule has 19 heavy (non-hydrogen) atoms. The summed E-state index contributed by atoms with van der Waals surface area (Å²) in [5, 5.41) is 12.6. The van der Waals surface area contributed by atoms with E-state index in [0.29, 0.717) is 12.5 Å². The second-order valence-corrected chi connectivity index (χ2v) is 6.03. The van der Waals surface area contributed by atoms with Gasteiger partial charge in [-0.2, -0.15) is 0 Å². The van der Waals surface area contributed by atoms with Crippen molar-refractivity contribution in [2.45, 2.75) is 25.9 Å². The molecule has 1 saturated carbocycles. The van der Waals surface area contributed by atoms with E-state index in [2.05, 4.69) is 21.2 Å². The number of hydrogen-bond acceptors (Lipinski definition) is 2. The summed E-state index contributed by atoms with van der Waals surface area (Å²) < 4.78 is 0.964. The van der Waals surface area contributed by atoms with Crippen LogP contribution in [-0.2, 0) is 0 Å². The molecule has 1 aliphatic carbocycles. The highest BCUT2D eigenvalue weighted by Crippen LogP contribution is 2.32. The van der Waals surface area contributed by atoms with Gasteiger partial charge in [0.15, 0.2) is 0 Å². The zero-order valence-corrected chi connectivity index (χ0v) is 12.8. The van der Waals surface area contributed by atoms with Crippen molar-refractivity contribution in [2.24, 2.45) is 5.92 Å². The third-order valence-corrected chi connectivity index (χ3v) is 4.25. The van der Waals surface area contributed by atoms with E-state index in [9.17, 15) is 9.90 Å². The van der Waals surface area contributed by atoms with Crippen LogP contribution in [0, 0.1) is 12.8 Å². The lowest BCUT2D eigenvalue weighted by Crippen LogP contribution is -2.38. The predicted octanol–water partition coefficient (Wildman–Crippen LogP) is 2.99. The molecule has 2 rings (SSSR count). The number of carbonyl (C=O) groups is 1. The molecule has 1 atom stereocenters. The van der Waals surface area contributed by atoms with Gasteiger partial charge >= 0.3 is 6.03 Å². The smallest absolute Gasteiger partial charge is 0.321 e. The van der Waals surface area contributed by atoms with Crippen LogP contribution in [0.2, 0.25) is 0 Å². The number of nitrogens with one attached hydrogen (secondary N) is 1. The third kappa shape index (κ3) is 3.94. The standard InChI is InChI=1S/C14H19BrN2O2/c1-9-3-6-11(7-12(9)15)16-14(19)17(2)8-13(18)10-4-5-10/h3,6-7,10,13,18H,4-5,8H2,1-2H3,(H,16,19). The van der Waals surface area contributed by atoms with Crippen LogP contribution < -0.4 is 5.32 Å².